The Morgan fingerprint density at radius 3 is 2.12 bits per heavy atom. The third-order valence-corrected chi connectivity index (χ3v) is 5.96. The lowest BCUT2D eigenvalue weighted by Gasteiger charge is -2.18. The van der Waals surface area contributed by atoms with Crippen molar-refractivity contribution >= 4 is 18.0 Å². The van der Waals surface area contributed by atoms with Crippen LogP contribution < -0.4 is 10.6 Å². The second-order valence-electron chi connectivity index (χ2n) is 8.23. The van der Waals surface area contributed by atoms with E-state index in [2.05, 4.69) is 34.9 Å². The zero-order valence-corrected chi connectivity index (χ0v) is 18.5. The number of carbonyl (C=O) groups excluding carboxylic acids is 2. The number of alkyl carbamates (subject to hydrolysis) is 1. The van der Waals surface area contributed by atoms with E-state index in [1.807, 2.05) is 31.2 Å². The van der Waals surface area contributed by atoms with Crippen LogP contribution in [0.3, 0.4) is 0 Å². The highest BCUT2D eigenvalue weighted by Gasteiger charge is 2.29. The Kier molecular flexibility index (Phi) is 7.87. The topological polar surface area (TPSA) is 105 Å². The molecule has 3 N–H and O–H groups in total. The molecule has 32 heavy (non-hydrogen) atoms. The molecule has 0 heterocycles. The fourth-order valence-corrected chi connectivity index (χ4v) is 3.93. The Bertz CT molecular complexity index is 929. The number of nitrogens with one attached hydrogen (secondary N) is 2. The van der Waals surface area contributed by atoms with Crippen LogP contribution in [0.15, 0.2) is 48.5 Å². The van der Waals surface area contributed by atoms with Gasteiger partial charge in [0.1, 0.15) is 6.61 Å². The maximum Gasteiger partial charge on any atom is 0.407 e. The molecule has 0 radical (unpaired) electrons. The number of carbonyl (C=O) groups is 3. The molecule has 1 aliphatic rings. The number of hydrogen-bond donors (Lipinski definition) is 3. The van der Waals surface area contributed by atoms with Crippen molar-refractivity contribution in [3.63, 3.8) is 0 Å². The highest BCUT2D eigenvalue weighted by atomic mass is 16.5. The first-order valence-electron chi connectivity index (χ1n) is 11.0. The molecule has 2 atom stereocenters. The summed E-state index contributed by atoms with van der Waals surface area (Å²) in [6, 6.07) is 16.3. The number of carboxylic acids is 1. The molecule has 2 amide bonds. The normalized spacial score (nSPS) is 14.1. The molecule has 2 aromatic rings. The van der Waals surface area contributed by atoms with Gasteiger partial charge in [0.25, 0.3) is 0 Å². The number of benzene rings is 2. The van der Waals surface area contributed by atoms with Crippen LogP contribution >= 0.6 is 0 Å². The first-order chi connectivity index (χ1) is 15.4. The van der Waals surface area contributed by atoms with Crippen LogP contribution in [0.25, 0.3) is 11.1 Å². The largest absolute Gasteiger partial charge is 0.481 e. The van der Waals surface area contributed by atoms with Gasteiger partial charge in [-0.3, -0.25) is 9.59 Å². The number of rotatable bonds is 10. The second kappa shape index (κ2) is 10.8. The van der Waals surface area contributed by atoms with Crippen LogP contribution in [0.1, 0.15) is 43.7 Å². The molecular formula is C25H30N2O5. The van der Waals surface area contributed by atoms with Gasteiger partial charge in [-0.15, -0.1) is 0 Å². The van der Waals surface area contributed by atoms with Crippen LogP contribution in [0.4, 0.5) is 4.79 Å². The lowest BCUT2D eigenvalue weighted by molar-refractivity contribution is -0.141. The molecule has 0 saturated carbocycles. The zero-order chi connectivity index (χ0) is 23.1. The smallest absolute Gasteiger partial charge is 0.407 e. The Balaban J connectivity index is 1.48. The number of fused-ring (bicyclic) bond motifs is 3. The number of carboxylic acid groups (broad SMARTS) is 1. The SMILES string of the molecule is CCC(CNC(=O)OCC1c2ccccc2-c2ccccc21)CC(=O)NCC(C)C(=O)O. The molecule has 170 valence electrons. The maximum absolute atomic E-state index is 12.3. The van der Waals surface area contributed by atoms with E-state index in [0.29, 0.717) is 13.0 Å². The molecule has 2 aromatic carbocycles. The molecule has 3 rings (SSSR count). The van der Waals surface area contributed by atoms with E-state index in [0.717, 1.165) is 11.1 Å². The minimum atomic E-state index is -0.950. The lowest BCUT2D eigenvalue weighted by Crippen LogP contribution is -2.35. The van der Waals surface area contributed by atoms with E-state index < -0.39 is 18.0 Å². The van der Waals surface area contributed by atoms with Gasteiger partial charge in [0.2, 0.25) is 5.91 Å². The van der Waals surface area contributed by atoms with Crippen molar-refractivity contribution < 1.29 is 24.2 Å². The average Bonchev–Trinajstić information content (AvgIpc) is 3.12. The van der Waals surface area contributed by atoms with Crippen molar-refractivity contribution in [3.05, 3.63) is 59.7 Å². The number of aliphatic carboxylic acids is 1. The van der Waals surface area contributed by atoms with Gasteiger partial charge in [0.15, 0.2) is 0 Å². The Hall–Kier alpha value is -3.35. The summed E-state index contributed by atoms with van der Waals surface area (Å²) in [5.74, 6) is -1.88. The minimum absolute atomic E-state index is 0.00266. The average molecular weight is 439 g/mol. The van der Waals surface area contributed by atoms with Gasteiger partial charge in [0, 0.05) is 25.4 Å². The molecular weight excluding hydrogens is 408 g/mol. The van der Waals surface area contributed by atoms with Crippen LogP contribution in [0, 0.1) is 11.8 Å². The highest BCUT2D eigenvalue weighted by Crippen LogP contribution is 2.44. The van der Waals surface area contributed by atoms with Gasteiger partial charge in [-0.25, -0.2) is 4.79 Å². The second-order valence-corrected chi connectivity index (χ2v) is 8.23. The van der Waals surface area contributed by atoms with E-state index in [1.165, 1.54) is 11.1 Å². The minimum Gasteiger partial charge on any atom is -0.481 e. The van der Waals surface area contributed by atoms with E-state index in [4.69, 9.17) is 9.84 Å². The van der Waals surface area contributed by atoms with Crippen molar-refractivity contribution in [2.75, 3.05) is 19.7 Å². The molecule has 0 spiro atoms. The summed E-state index contributed by atoms with van der Waals surface area (Å²) in [6.07, 6.45) is 0.406. The van der Waals surface area contributed by atoms with Gasteiger partial charge >= 0.3 is 12.1 Å². The zero-order valence-electron chi connectivity index (χ0n) is 18.5. The molecule has 0 aromatic heterocycles. The Labute approximate surface area is 188 Å². The summed E-state index contributed by atoms with van der Waals surface area (Å²) in [7, 11) is 0. The van der Waals surface area contributed by atoms with E-state index in [9.17, 15) is 14.4 Å². The van der Waals surface area contributed by atoms with Gasteiger partial charge in [-0.1, -0.05) is 68.8 Å². The third kappa shape index (κ3) is 5.66. The first-order valence-corrected chi connectivity index (χ1v) is 11.0. The van der Waals surface area contributed by atoms with E-state index in [1.54, 1.807) is 6.92 Å². The van der Waals surface area contributed by atoms with Crippen LogP contribution in [0.2, 0.25) is 0 Å². The summed E-state index contributed by atoms with van der Waals surface area (Å²) < 4.78 is 5.53. The molecule has 7 heteroatoms. The molecule has 0 bridgehead atoms. The Morgan fingerprint density at radius 1 is 0.969 bits per heavy atom. The van der Waals surface area contributed by atoms with Gasteiger partial charge in [0.05, 0.1) is 5.92 Å². The van der Waals surface area contributed by atoms with E-state index in [-0.39, 0.29) is 37.3 Å². The van der Waals surface area contributed by atoms with Crippen molar-refractivity contribution in [2.45, 2.75) is 32.6 Å². The summed E-state index contributed by atoms with van der Waals surface area (Å²) in [4.78, 5) is 35.2. The fourth-order valence-electron chi connectivity index (χ4n) is 3.93. The maximum atomic E-state index is 12.3. The number of amides is 2. The van der Waals surface area contributed by atoms with E-state index >= 15 is 0 Å². The molecule has 2 unspecified atom stereocenters. The molecule has 0 fully saturated rings. The monoisotopic (exact) mass is 438 g/mol. The predicted molar refractivity (Wildman–Crippen MR) is 121 cm³/mol. The first kappa shape index (κ1) is 23.3. The molecule has 0 saturated heterocycles. The quantitative estimate of drug-likeness (QED) is 0.524. The van der Waals surface area contributed by atoms with Crippen molar-refractivity contribution in [2.24, 2.45) is 11.8 Å². The van der Waals surface area contributed by atoms with Gasteiger partial charge < -0.3 is 20.5 Å². The molecule has 1 aliphatic carbocycles. The number of hydrogen-bond acceptors (Lipinski definition) is 4. The van der Waals surface area contributed by atoms with Crippen LogP contribution in [-0.4, -0.2) is 42.8 Å². The fraction of sp³-hybridized carbons (Fsp3) is 0.400. The standard InChI is InChI=1S/C25H30N2O5/c1-3-17(12-23(28)26-13-16(2)24(29)30)14-27-25(31)32-15-22-20-10-6-4-8-18(20)19-9-5-7-11-21(19)22/h4-11,16-17,22H,3,12-15H2,1-2H3,(H,26,28)(H,27,31)(H,29,30). The summed E-state index contributed by atoms with van der Waals surface area (Å²) in [5, 5.41) is 14.3. The van der Waals surface area contributed by atoms with Crippen LogP contribution in [-0.2, 0) is 14.3 Å². The molecule has 0 aliphatic heterocycles. The van der Waals surface area contributed by atoms with Crippen LogP contribution in [0.5, 0.6) is 0 Å². The lowest BCUT2D eigenvalue weighted by atomic mass is 9.98. The summed E-state index contributed by atoms with van der Waals surface area (Å²) >= 11 is 0. The Morgan fingerprint density at radius 2 is 1.56 bits per heavy atom. The van der Waals surface area contributed by atoms with Gasteiger partial charge in [-0.2, -0.15) is 0 Å². The summed E-state index contributed by atoms with van der Waals surface area (Å²) in [5.41, 5.74) is 4.65. The predicted octanol–water partition coefficient (Wildman–Crippen LogP) is 3.78. The van der Waals surface area contributed by atoms with Crippen molar-refractivity contribution in [1.82, 2.24) is 10.6 Å². The van der Waals surface area contributed by atoms with Gasteiger partial charge in [-0.05, 0) is 28.2 Å². The highest BCUT2D eigenvalue weighted by molar-refractivity contribution is 5.79. The summed E-state index contributed by atoms with van der Waals surface area (Å²) in [6.45, 7) is 4.12. The number of ether oxygens (including phenoxy) is 1. The van der Waals surface area contributed by atoms with Crippen molar-refractivity contribution in [1.29, 1.82) is 0 Å². The third-order valence-electron chi connectivity index (χ3n) is 5.96. The van der Waals surface area contributed by atoms with Crippen molar-refractivity contribution in [3.8, 4) is 11.1 Å². The molecule has 7 nitrogen and oxygen atoms in total.